The van der Waals surface area contributed by atoms with Gasteiger partial charge in [0.1, 0.15) is 12.4 Å². The molecule has 16 heavy (non-hydrogen) atoms. The second-order valence-corrected chi connectivity index (χ2v) is 3.53. The van der Waals surface area contributed by atoms with Crippen molar-refractivity contribution in [2.45, 2.75) is 19.8 Å². The molecule has 0 saturated heterocycles. The highest BCUT2D eigenvalue weighted by Gasteiger charge is 2.10. The molecular weight excluding hydrogens is 204 g/mol. The van der Waals surface area contributed by atoms with Crippen LogP contribution in [0.25, 0.3) is 0 Å². The first-order valence-corrected chi connectivity index (χ1v) is 5.53. The summed E-state index contributed by atoms with van der Waals surface area (Å²) in [5, 5.41) is 0. The molecule has 3 nitrogen and oxygen atoms in total. The molecule has 0 fully saturated rings. The first kappa shape index (κ1) is 12.7. The minimum atomic E-state index is -0.0337. The molecule has 0 unspecified atom stereocenters. The van der Waals surface area contributed by atoms with E-state index in [1.54, 1.807) is 19.2 Å². The predicted molar refractivity (Wildman–Crippen MR) is 63.1 cm³/mol. The minimum Gasteiger partial charge on any atom is -0.496 e. The second kappa shape index (κ2) is 7.01. The number of carbonyl (C=O) groups excluding carboxylic acids is 1. The van der Waals surface area contributed by atoms with E-state index in [9.17, 15) is 4.79 Å². The smallest absolute Gasteiger partial charge is 0.192 e. The van der Waals surface area contributed by atoms with Gasteiger partial charge in [0.25, 0.3) is 0 Å². The molecule has 0 atom stereocenters. The van der Waals surface area contributed by atoms with E-state index >= 15 is 0 Å². The van der Waals surface area contributed by atoms with Crippen molar-refractivity contribution in [1.29, 1.82) is 0 Å². The molecule has 0 aliphatic carbocycles. The van der Waals surface area contributed by atoms with E-state index in [-0.39, 0.29) is 12.4 Å². The maximum absolute atomic E-state index is 11.8. The van der Waals surface area contributed by atoms with Gasteiger partial charge in [-0.15, -0.1) is 0 Å². The largest absolute Gasteiger partial charge is 0.496 e. The van der Waals surface area contributed by atoms with E-state index in [0.29, 0.717) is 17.9 Å². The predicted octanol–water partition coefficient (Wildman–Crippen LogP) is 2.69. The summed E-state index contributed by atoms with van der Waals surface area (Å²) in [5.41, 5.74) is 0.585. The number of hydrogen-bond acceptors (Lipinski definition) is 3. The van der Waals surface area contributed by atoms with Gasteiger partial charge in [0, 0.05) is 6.61 Å². The Hall–Kier alpha value is -1.35. The molecule has 0 aromatic heterocycles. The van der Waals surface area contributed by atoms with Crippen LogP contribution in [-0.4, -0.2) is 26.1 Å². The molecule has 0 saturated carbocycles. The Bertz CT molecular complexity index is 334. The zero-order chi connectivity index (χ0) is 11.8. The van der Waals surface area contributed by atoms with Crippen LogP contribution >= 0.6 is 0 Å². The van der Waals surface area contributed by atoms with Crippen molar-refractivity contribution < 1.29 is 14.3 Å². The Balaban J connectivity index is 2.52. The van der Waals surface area contributed by atoms with Crippen molar-refractivity contribution in [3.05, 3.63) is 29.8 Å². The van der Waals surface area contributed by atoms with Crippen LogP contribution in [-0.2, 0) is 4.74 Å². The number of para-hydroxylation sites is 1. The van der Waals surface area contributed by atoms with Gasteiger partial charge in [-0.2, -0.15) is 0 Å². The van der Waals surface area contributed by atoms with Crippen molar-refractivity contribution in [3.63, 3.8) is 0 Å². The molecule has 0 spiro atoms. The molecular formula is C13H18O3. The number of ether oxygens (including phenoxy) is 2. The van der Waals surface area contributed by atoms with Crippen LogP contribution in [0.5, 0.6) is 5.75 Å². The Kier molecular flexibility index (Phi) is 5.57. The van der Waals surface area contributed by atoms with Crippen molar-refractivity contribution in [2.24, 2.45) is 0 Å². The van der Waals surface area contributed by atoms with E-state index in [1.165, 1.54) is 0 Å². The average molecular weight is 222 g/mol. The van der Waals surface area contributed by atoms with E-state index in [0.717, 1.165) is 12.8 Å². The molecule has 0 amide bonds. The average Bonchev–Trinajstić information content (AvgIpc) is 2.34. The summed E-state index contributed by atoms with van der Waals surface area (Å²) in [5.74, 6) is 0.570. The Morgan fingerprint density at radius 1 is 1.31 bits per heavy atom. The maximum atomic E-state index is 11.8. The number of ketones is 1. The number of methoxy groups -OCH3 is 1. The lowest BCUT2D eigenvalue weighted by Crippen LogP contribution is -2.11. The Labute approximate surface area is 96.4 Å². The lowest BCUT2D eigenvalue weighted by atomic mass is 10.1. The van der Waals surface area contributed by atoms with Gasteiger partial charge in [-0.25, -0.2) is 0 Å². The highest BCUT2D eigenvalue weighted by atomic mass is 16.5. The lowest BCUT2D eigenvalue weighted by molar-refractivity contribution is 0.0752. The number of unbranched alkanes of at least 4 members (excludes halogenated alkanes) is 1. The first-order chi connectivity index (χ1) is 7.79. The van der Waals surface area contributed by atoms with E-state index in [4.69, 9.17) is 9.47 Å². The Morgan fingerprint density at radius 2 is 2.06 bits per heavy atom. The van der Waals surface area contributed by atoms with E-state index in [1.807, 2.05) is 12.1 Å². The number of rotatable bonds is 7. The van der Waals surface area contributed by atoms with Gasteiger partial charge in [-0.05, 0) is 18.6 Å². The van der Waals surface area contributed by atoms with Crippen LogP contribution in [0.15, 0.2) is 24.3 Å². The van der Waals surface area contributed by atoms with Crippen LogP contribution in [0.1, 0.15) is 30.1 Å². The number of benzene rings is 1. The number of hydrogen-bond donors (Lipinski definition) is 0. The van der Waals surface area contributed by atoms with Gasteiger partial charge in [-0.1, -0.05) is 25.5 Å². The van der Waals surface area contributed by atoms with Crippen molar-refractivity contribution in [1.82, 2.24) is 0 Å². The highest BCUT2D eigenvalue weighted by Crippen LogP contribution is 2.17. The molecule has 0 aliphatic rings. The lowest BCUT2D eigenvalue weighted by Gasteiger charge is -2.07. The molecule has 0 heterocycles. The molecule has 1 aromatic carbocycles. The summed E-state index contributed by atoms with van der Waals surface area (Å²) in [6.07, 6.45) is 2.06. The van der Waals surface area contributed by atoms with Gasteiger partial charge in [-0.3, -0.25) is 4.79 Å². The van der Waals surface area contributed by atoms with E-state index in [2.05, 4.69) is 6.92 Å². The molecule has 1 rings (SSSR count). The summed E-state index contributed by atoms with van der Waals surface area (Å²) in [4.78, 5) is 11.8. The standard InChI is InChI=1S/C13H18O3/c1-3-4-9-16-10-12(14)11-7-5-6-8-13(11)15-2/h5-8H,3-4,9-10H2,1-2H3. The molecule has 88 valence electrons. The fourth-order valence-corrected chi connectivity index (χ4v) is 1.36. The first-order valence-electron chi connectivity index (χ1n) is 5.53. The third kappa shape index (κ3) is 3.66. The molecule has 0 N–H and O–H groups in total. The van der Waals surface area contributed by atoms with Crippen LogP contribution < -0.4 is 4.74 Å². The van der Waals surface area contributed by atoms with Crippen LogP contribution in [0, 0.1) is 0 Å². The fraction of sp³-hybridized carbons (Fsp3) is 0.462. The quantitative estimate of drug-likeness (QED) is 0.525. The molecule has 3 heteroatoms. The molecule has 1 aromatic rings. The third-order valence-electron chi connectivity index (χ3n) is 2.28. The van der Waals surface area contributed by atoms with Gasteiger partial charge in [0.05, 0.1) is 12.7 Å². The van der Waals surface area contributed by atoms with Crippen LogP contribution in [0.4, 0.5) is 0 Å². The fourth-order valence-electron chi connectivity index (χ4n) is 1.36. The second-order valence-electron chi connectivity index (χ2n) is 3.53. The zero-order valence-electron chi connectivity index (χ0n) is 9.86. The van der Waals surface area contributed by atoms with Gasteiger partial charge in [0.2, 0.25) is 0 Å². The number of carbonyl (C=O) groups is 1. The van der Waals surface area contributed by atoms with Crippen molar-refractivity contribution in [3.8, 4) is 5.75 Å². The monoisotopic (exact) mass is 222 g/mol. The third-order valence-corrected chi connectivity index (χ3v) is 2.28. The minimum absolute atomic E-state index is 0.0337. The Morgan fingerprint density at radius 3 is 2.75 bits per heavy atom. The topological polar surface area (TPSA) is 35.5 Å². The molecule has 0 aliphatic heterocycles. The van der Waals surface area contributed by atoms with Crippen LogP contribution in [0.3, 0.4) is 0 Å². The highest BCUT2D eigenvalue weighted by molar-refractivity contribution is 5.99. The van der Waals surface area contributed by atoms with E-state index < -0.39 is 0 Å². The SMILES string of the molecule is CCCCOCC(=O)c1ccccc1OC. The number of Topliss-reactive ketones (excluding diaryl/α,β-unsaturated/α-hetero) is 1. The van der Waals surface area contributed by atoms with Crippen LogP contribution in [0.2, 0.25) is 0 Å². The van der Waals surface area contributed by atoms with Gasteiger partial charge >= 0.3 is 0 Å². The summed E-state index contributed by atoms with van der Waals surface area (Å²) in [6.45, 7) is 2.85. The summed E-state index contributed by atoms with van der Waals surface area (Å²) in [7, 11) is 1.56. The summed E-state index contributed by atoms with van der Waals surface area (Å²) < 4.78 is 10.4. The summed E-state index contributed by atoms with van der Waals surface area (Å²) >= 11 is 0. The molecule has 0 radical (unpaired) electrons. The zero-order valence-corrected chi connectivity index (χ0v) is 9.86. The van der Waals surface area contributed by atoms with Gasteiger partial charge in [0.15, 0.2) is 5.78 Å². The summed E-state index contributed by atoms with van der Waals surface area (Å²) in [6, 6.07) is 7.19. The van der Waals surface area contributed by atoms with Crippen molar-refractivity contribution in [2.75, 3.05) is 20.3 Å². The molecule has 0 bridgehead atoms. The van der Waals surface area contributed by atoms with Crippen molar-refractivity contribution >= 4 is 5.78 Å². The van der Waals surface area contributed by atoms with Gasteiger partial charge < -0.3 is 9.47 Å². The maximum Gasteiger partial charge on any atom is 0.192 e. The normalized spacial score (nSPS) is 10.1.